The molecule has 1 aromatic heterocycles. The summed E-state index contributed by atoms with van der Waals surface area (Å²) in [6.45, 7) is 3.76. The van der Waals surface area contributed by atoms with Gasteiger partial charge in [0.25, 0.3) is 0 Å². The first-order valence-corrected chi connectivity index (χ1v) is 4.90. The van der Waals surface area contributed by atoms with Crippen LogP contribution in [0.2, 0.25) is 0 Å². The van der Waals surface area contributed by atoms with Crippen molar-refractivity contribution in [3.05, 3.63) is 11.8 Å². The minimum Gasteiger partial charge on any atom is -0.320 e. The number of nitrogens with zero attached hydrogens (tertiary/aromatic N) is 1. The third kappa shape index (κ3) is 3.61. The van der Waals surface area contributed by atoms with E-state index in [4.69, 9.17) is 5.73 Å². The van der Waals surface area contributed by atoms with E-state index < -0.39 is 6.04 Å². The highest BCUT2D eigenvalue weighted by Gasteiger charge is 2.11. The van der Waals surface area contributed by atoms with Crippen LogP contribution >= 0.6 is 23.9 Å². The van der Waals surface area contributed by atoms with Crippen LogP contribution in [-0.2, 0) is 4.79 Å². The van der Waals surface area contributed by atoms with Gasteiger partial charge < -0.3 is 11.1 Å². The molecule has 0 fully saturated rings. The van der Waals surface area contributed by atoms with Gasteiger partial charge in [-0.25, -0.2) is 0 Å². The smallest absolute Gasteiger partial charge is 0.241 e. The molecule has 0 saturated heterocycles. The van der Waals surface area contributed by atoms with Gasteiger partial charge in [-0.05, 0) is 30.9 Å². The maximum atomic E-state index is 11.3. The van der Waals surface area contributed by atoms with Crippen LogP contribution in [0.5, 0.6) is 0 Å². The minimum absolute atomic E-state index is 0. The number of nitrogens with one attached hydrogen (secondary N) is 1. The van der Waals surface area contributed by atoms with Gasteiger partial charge in [0.2, 0.25) is 5.91 Å². The largest absolute Gasteiger partial charge is 0.320 e. The fraction of sp³-hybridized carbons (Fsp3) is 0.500. The highest BCUT2D eigenvalue weighted by Crippen LogP contribution is 2.15. The minimum atomic E-state index is -0.428. The standard InChI is InChI=1S/C8H13N3OS.ClH/c1-3-6(9)8(12)10-7-4-5(2)11-13-7;/h4,6H,3,9H2,1-2H3,(H,10,12);1H. The summed E-state index contributed by atoms with van der Waals surface area (Å²) in [5.41, 5.74) is 6.45. The molecule has 0 aliphatic carbocycles. The van der Waals surface area contributed by atoms with Crippen LogP contribution in [0, 0.1) is 6.92 Å². The van der Waals surface area contributed by atoms with Crippen molar-refractivity contribution in [3.63, 3.8) is 0 Å². The molecule has 0 aliphatic rings. The van der Waals surface area contributed by atoms with E-state index in [9.17, 15) is 4.79 Å². The van der Waals surface area contributed by atoms with Crippen molar-refractivity contribution in [1.29, 1.82) is 0 Å². The maximum Gasteiger partial charge on any atom is 0.241 e. The lowest BCUT2D eigenvalue weighted by Crippen LogP contribution is -2.34. The molecule has 0 aromatic carbocycles. The number of rotatable bonds is 3. The summed E-state index contributed by atoms with van der Waals surface area (Å²) < 4.78 is 4.04. The zero-order valence-electron chi connectivity index (χ0n) is 8.11. The number of carbonyl (C=O) groups excluding carboxylic acids is 1. The predicted molar refractivity (Wildman–Crippen MR) is 61.0 cm³/mol. The molecule has 1 atom stereocenters. The van der Waals surface area contributed by atoms with Crippen molar-refractivity contribution in [2.45, 2.75) is 26.3 Å². The predicted octanol–water partition coefficient (Wildman–Crippen LogP) is 1.55. The number of anilines is 1. The summed E-state index contributed by atoms with van der Waals surface area (Å²) in [5.74, 6) is -0.147. The molecule has 14 heavy (non-hydrogen) atoms. The zero-order chi connectivity index (χ0) is 9.84. The third-order valence-corrected chi connectivity index (χ3v) is 2.45. The van der Waals surface area contributed by atoms with E-state index in [1.54, 1.807) is 0 Å². The Labute approximate surface area is 93.5 Å². The normalized spacial score (nSPS) is 11.6. The van der Waals surface area contributed by atoms with E-state index >= 15 is 0 Å². The van der Waals surface area contributed by atoms with E-state index in [1.165, 1.54) is 11.5 Å². The number of halogens is 1. The van der Waals surface area contributed by atoms with Crippen molar-refractivity contribution in [1.82, 2.24) is 4.37 Å². The lowest BCUT2D eigenvalue weighted by Gasteiger charge is -2.06. The van der Waals surface area contributed by atoms with Gasteiger partial charge in [-0.15, -0.1) is 12.4 Å². The third-order valence-electron chi connectivity index (χ3n) is 1.65. The van der Waals surface area contributed by atoms with Crippen LogP contribution in [0.25, 0.3) is 0 Å². The molecule has 0 aliphatic heterocycles. The van der Waals surface area contributed by atoms with Crippen molar-refractivity contribution < 1.29 is 4.79 Å². The van der Waals surface area contributed by atoms with Crippen molar-refractivity contribution in [3.8, 4) is 0 Å². The molecule has 4 nitrogen and oxygen atoms in total. The zero-order valence-corrected chi connectivity index (χ0v) is 9.74. The van der Waals surface area contributed by atoms with Crippen molar-refractivity contribution in [2.24, 2.45) is 5.73 Å². The first-order valence-electron chi connectivity index (χ1n) is 4.13. The van der Waals surface area contributed by atoms with E-state index in [1.807, 2.05) is 19.9 Å². The molecule has 0 bridgehead atoms. The second kappa shape index (κ2) is 5.95. The Morgan fingerprint density at radius 2 is 2.43 bits per heavy atom. The summed E-state index contributed by atoms with van der Waals surface area (Å²) in [6, 6.07) is 1.40. The molecule has 1 rings (SSSR count). The summed E-state index contributed by atoms with van der Waals surface area (Å²) in [4.78, 5) is 11.3. The van der Waals surface area contributed by atoms with Gasteiger partial charge in [0, 0.05) is 0 Å². The summed E-state index contributed by atoms with van der Waals surface area (Å²) in [5, 5.41) is 3.46. The Morgan fingerprint density at radius 1 is 1.79 bits per heavy atom. The van der Waals surface area contributed by atoms with Gasteiger partial charge in [-0.3, -0.25) is 4.79 Å². The van der Waals surface area contributed by atoms with Crippen LogP contribution in [0.1, 0.15) is 19.0 Å². The fourth-order valence-corrected chi connectivity index (χ4v) is 1.49. The molecule has 0 saturated carbocycles. The van der Waals surface area contributed by atoms with Crippen molar-refractivity contribution in [2.75, 3.05) is 5.32 Å². The number of hydrogen-bond donors (Lipinski definition) is 2. The van der Waals surface area contributed by atoms with Crippen LogP contribution in [0.4, 0.5) is 5.00 Å². The van der Waals surface area contributed by atoms with Gasteiger partial charge in [0.05, 0.1) is 11.7 Å². The Kier molecular flexibility index (Phi) is 5.68. The van der Waals surface area contributed by atoms with Crippen LogP contribution in [-0.4, -0.2) is 16.3 Å². The molecule has 1 heterocycles. The summed E-state index contributed by atoms with van der Waals surface area (Å²) in [6.07, 6.45) is 0.642. The summed E-state index contributed by atoms with van der Waals surface area (Å²) in [7, 11) is 0. The maximum absolute atomic E-state index is 11.3. The van der Waals surface area contributed by atoms with Crippen LogP contribution < -0.4 is 11.1 Å². The average molecular weight is 236 g/mol. The molecule has 80 valence electrons. The molecule has 1 unspecified atom stereocenters. The number of amides is 1. The number of nitrogens with two attached hydrogens (primary N) is 1. The first kappa shape index (κ1) is 13.4. The van der Waals surface area contributed by atoms with E-state index in [0.29, 0.717) is 6.42 Å². The first-order chi connectivity index (χ1) is 6.13. The van der Waals surface area contributed by atoms with Gasteiger partial charge in [0.15, 0.2) is 0 Å². The van der Waals surface area contributed by atoms with Gasteiger partial charge >= 0.3 is 0 Å². The molecule has 6 heteroatoms. The van der Waals surface area contributed by atoms with Gasteiger partial charge in [0.1, 0.15) is 5.00 Å². The molecular weight excluding hydrogens is 222 g/mol. The number of hydrogen-bond acceptors (Lipinski definition) is 4. The SMILES string of the molecule is CCC(N)C(=O)Nc1cc(C)ns1.Cl. The van der Waals surface area contributed by atoms with Crippen LogP contribution in [0.3, 0.4) is 0 Å². The quantitative estimate of drug-likeness (QED) is 0.835. The molecule has 1 amide bonds. The lowest BCUT2D eigenvalue weighted by molar-refractivity contribution is -0.117. The van der Waals surface area contributed by atoms with E-state index in [2.05, 4.69) is 9.69 Å². The van der Waals surface area contributed by atoms with Crippen molar-refractivity contribution >= 4 is 34.8 Å². The second-order valence-electron chi connectivity index (χ2n) is 2.84. The second-order valence-corrected chi connectivity index (χ2v) is 3.64. The summed E-state index contributed by atoms with van der Waals surface area (Å²) >= 11 is 1.27. The molecular formula is C8H14ClN3OS. The number of carbonyl (C=O) groups is 1. The molecule has 0 spiro atoms. The fourth-order valence-electron chi connectivity index (χ4n) is 0.822. The topological polar surface area (TPSA) is 68.0 Å². The van der Waals surface area contributed by atoms with E-state index in [0.717, 1.165) is 10.7 Å². The molecule has 3 N–H and O–H groups in total. The Hall–Kier alpha value is -0.650. The monoisotopic (exact) mass is 235 g/mol. The van der Waals surface area contributed by atoms with Crippen LogP contribution in [0.15, 0.2) is 6.07 Å². The van der Waals surface area contributed by atoms with E-state index in [-0.39, 0.29) is 18.3 Å². The number of aryl methyl sites for hydroxylation is 1. The Bertz CT molecular complexity index is 303. The lowest BCUT2D eigenvalue weighted by atomic mass is 10.2. The Balaban J connectivity index is 0.00000169. The molecule has 0 radical (unpaired) electrons. The average Bonchev–Trinajstić information content (AvgIpc) is 2.49. The highest BCUT2D eigenvalue weighted by atomic mass is 35.5. The Morgan fingerprint density at radius 3 is 2.86 bits per heavy atom. The van der Waals surface area contributed by atoms with Gasteiger partial charge in [-0.1, -0.05) is 6.92 Å². The molecule has 1 aromatic rings. The van der Waals surface area contributed by atoms with Gasteiger partial charge in [-0.2, -0.15) is 4.37 Å². The number of aromatic nitrogens is 1. The highest BCUT2D eigenvalue weighted by molar-refractivity contribution is 7.10.